The fraction of sp³-hybridized carbons (Fsp3) is 0.417. The fourth-order valence-corrected chi connectivity index (χ4v) is 2.58. The molecule has 0 aliphatic carbocycles. The molecule has 3 N–H and O–H groups in total. The van der Waals surface area contributed by atoms with Crippen LogP contribution in [-0.2, 0) is 4.79 Å². The summed E-state index contributed by atoms with van der Waals surface area (Å²) in [4.78, 5) is 12.4. The Balaban J connectivity index is 0.00000361. The quantitative estimate of drug-likeness (QED) is 0.736. The van der Waals surface area contributed by atoms with Gasteiger partial charge in [0.2, 0.25) is 5.91 Å². The van der Waals surface area contributed by atoms with Crippen LogP contribution in [0.15, 0.2) is 27.6 Å². The summed E-state index contributed by atoms with van der Waals surface area (Å²) in [5.41, 5.74) is 5.91. The predicted molar refractivity (Wildman–Crippen MR) is 83.9 cm³/mol. The van der Waals surface area contributed by atoms with E-state index in [1.807, 2.05) is 25.1 Å². The fourth-order valence-electron chi connectivity index (χ4n) is 1.27. The van der Waals surface area contributed by atoms with Crippen LogP contribution in [0.4, 0.5) is 8.78 Å². The van der Waals surface area contributed by atoms with E-state index in [1.165, 1.54) is 11.8 Å². The van der Waals surface area contributed by atoms with Crippen LogP contribution in [0.5, 0.6) is 0 Å². The minimum absolute atomic E-state index is 0. The number of alkyl halides is 2. The molecule has 0 fully saturated rings. The van der Waals surface area contributed by atoms with Crippen LogP contribution >= 0.6 is 40.1 Å². The number of hydrogen-bond donors (Lipinski definition) is 2. The molecule has 1 amide bonds. The monoisotopic (exact) mass is 388 g/mol. The first-order valence-corrected chi connectivity index (χ1v) is 7.35. The molecular weight excluding hydrogens is 374 g/mol. The lowest BCUT2D eigenvalue weighted by atomic mass is 10.2. The van der Waals surface area contributed by atoms with Crippen molar-refractivity contribution in [1.82, 2.24) is 5.32 Å². The molecule has 0 aliphatic rings. The number of carbonyl (C=O) groups is 1. The van der Waals surface area contributed by atoms with Crippen LogP contribution in [0, 0.1) is 6.92 Å². The first-order valence-electron chi connectivity index (χ1n) is 5.57. The summed E-state index contributed by atoms with van der Waals surface area (Å²) >= 11 is 4.66. The van der Waals surface area contributed by atoms with E-state index in [1.54, 1.807) is 0 Å². The number of halogens is 4. The number of amides is 1. The highest BCUT2D eigenvalue weighted by Crippen LogP contribution is 2.25. The van der Waals surface area contributed by atoms with Gasteiger partial charge in [0.05, 0.1) is 18.8 Å². The van der Waals surface area contributed by atoms with Gasteiger partial charge >= 0.3 is 0 Å². The molecule has 1 aromatic rings. The van der Waals surface area contributed by atoms with E-state index in [0.29, 0.717) is 0 Å². The first-order chi connectivity index (χ1) is 8.84. The second kappa shape index (κ2) is 8.81. The van der Waals surface area contributed by atoms with Crippen LogP contribution in [0.2, 0.25) is 0 Å². The number of hydrogen-bond acceptors (Lipinski definition) is 3. The summed E-state index contributed by atoms with van der Waals surface area (Å²) in [7, 11) is 0. The lowest BCUT2D eigenvalue weighted by Gasteiger charge is -2.14. The van der Waals surface area contributed by atoms with Crippen molar-refractivity contribution in [3.63, 3.8) is 0 Å². The van der Waals surface area contributed by atoms with Crippen molar-refractivity contribution in [1.29, 1.82) is 0 Å². The Morgan fingerprint density at radius 1 is 1.50 bits per heavy atom. The zero-order valence-corrected chi connectivity index (χ0v) is 14.0. The topological polar surface area (TPSA) is 55.1 Å². The zero-order chi connectivity index (χ0) is 14.5. The molecule has 0 spiro atoms. The standard InChI is InChI=1S/C12H15BrF2N2OS.ClH/c1-8-4-9(13)2-3-10(8)19-5-11(18)17-7-12(14,15)6-16;/h2-4H,5-7,16H2,1H3,(H,17,18);1H. The van der Waals surface area contributed by atoms with E-state index >= 15 is 0 Å². The Labute approximate surface area is 135 Å². The summed E-state index contributed by atoms with van der Waals surface area (Å²) < 4.78 is 26.6. The molecule has 0 saturated carbocycles. The van der Waals surface area contributed by atoms with Crippen molar-refractivity contribution in [3.8, 4) is 0 Å². The van der Waals surface area contributed by atoms with Gasteiger partial charge in [-0.25, -0.2) is 8.78 Å². The van der Waals surface area contributed by atoms with Crippen molar-refractivity contribution >= 4 is 46.0 Å². The Bertz CT molecular complexity index is 463. The average molecular weight is 390 g/mol. The summed E-state index contributed by atoms with van der Waals surface area (Å²) in [6, 6.07) is 5.68. The van der Waals surface area contributed by atoms with Crippen molar-refractivity contribution < 1.29 is 13.6 Å². The molecule has 0 unspecified atom stereocenters. The number of aryl methyl sites for hydroxylation is 1. The summed E-state index contributed by atoms with van der Waals surface area (Å²) in [6.07, 6.45) is 0. The molecule has 0 atom stereocenters. The van der Waals surface area contributed by atoms with Gasteiger partial charge in [-0.15, -0.1) is 24.2 Å². The van der Waals surface area contributed by atoms with Gasteiger partial charge in [0.15, 0.2) is 0 Å². The van der Waals surface area contributed by atoms with Gasteiger partial charge in [-0.05, 0) is 30.7 Å². The summed E-state index contributed by atoms with van der Waals surface area (Å²) in [5.74, 6) is -3.38. The third kappa shape index (κ3) is 6.88. The molecule has 114 valence electrons. The number of nitrogens with one attached hydrogen (secondary N) is 1. The molecule has 8 heteroatoms. The minimum Gasteiger partial charge on any atom is -0.349 e. The van der Waals surface area contributed by atoms with Gasteiger partial charge in [-0.2, -0.15) is 0 Å². The van der Waals surface area contributed by atoms with Crippen molar-refractivity contribution in [2.75, 3.05) is 18.8 Å². The molecule has 0 aromatic heterocycles. The van der Waals surface area contributed by atoms with Gasteiger partial charge in [-0.1, -0.05) is 15.9 Å². The van der Waals surface area contributed by atoms with E-state index in [9.17, 15) is 13.6 Å². The Morgan fingerprint density at radius 2 is 2.15 bits per heavy atom. The van der Waals surface area contributed by atoms with Gasteiger partial charge in [0, 0.05) is 9.37 Å². The zero-order valence-electron chi connectivity index (χ0n) is 10.8. The van der Waals surface area contributed by atoms with Crippen LogP contribution in [0.25, 0.3) is 0 Å². The Kier molecular flexibility index (Phi) is 8.65. The highest BCUT2D eigenvalue weighted by molar-refractivity contribution is 9.10. The molecule has 0 heterocycles. The average Bonchev–Trinajstić information content (AvgIpc) is 2.35. The molecule has 1 aromatic carbocycles. The van der Waals surface area contributed by atoms with Crippen LogP contribution in [0.1, 0.15) is 5.56 Å². The molecule has 0 radical (unpaired) electrons. The molecule has 1 rings (SSSR count). The molecule has 0 saturated heterocycles. The van der Waals surface area contributed by atoms with E-state index in [4.69, 9.17) is 5.73 Å². The normalized spacial score (nSPS) is 10.8. The predicted octanol–water partition coefficient (Wildman–Crippen LogP) is 2.98. The second-order valence-corrected chi connectivity index (χ2v) is 5.97. The van der Waals surface area contributed by atoms with E-state index in [-0.39, 0.29) is 18.2 Å². The minimum atomic E-state index is -3.05. The number of rotatable bonds is 6. The molecule has 20 heavy (non-hydrogen) atoms. The van der Waals surface area contributed by atoms with Crippen LogP contribution in [-0.4, -0.2) is 30.7 Å². The maximum absolute atomic E-state index is 12.8. The lowest BCUT2D eigenvalue weighted by molar-refractivity contribution is -0.120. The maximum Gasteiger partial charge on any atom is 0.277 e. The third-order valence-electron chi connectivity index (χ3n) is 2.34. The highest BCUT2D eigenvalue weighted by Gasteiger charge is 2.27. The van der Waals surface area contributed by atoms with Gasteiger partial charge in [-0.3, -0.25) is 4.79 Å². The van der Waals surface area contributed by atoms with Crippen molar-refractivity contribution in [2.24, 2.45) is 5.73 Å². The first kappa shape index (κ1) is 19.6. The van der Waals surface area contributed by atoms with Crippen molar-refractivity contribution in [3.05, 3.63) is 28.2 Å². The van der Waals surface area contributed by atoms with Crippen molar-refractivity contribution in [2.45, 2.75) is 17.7 Å². The molecular formula is C12H16BrClF2N2OS. The van der Waals surface area contributed by atoms with E-state index < -0.39 is 24.9 Å². The second-order valence-electron chi connectivity index (χ2n) is 4.04. The maximum atomic E-state index is 12.8. The van der Waals surface area contributed by atoms with Gasteiger partial charge < -0.3 is 11.1 Å². The van der Waals surface area contributed by atoms with Gasteiger partial charge in [0.25, 0.3) is 5.92 Å². The van der Waals surface area contributed by atoms with Gasteiger partial charge in [0.1, 0.15) is 0 Å². The number of nitrogens with two attached hydrogens (primary N) is 1. The third-order valence-corrected chi connectivity index (χ3v) is 4.01. The SMILES string of the molecule is Cc1cc(Br)ccc1SCC(=O)NCC(F)(F)CN.Cl. The largest absolute Gasteiger partial charge is 0.349 e. The molecule has 3 nitrogen and oxygen atoms in total. The Hall–Kier alpha value is -0.370. The molecule has 0 aliphatic heterocycles. The summed E-state index contributed by atoms with van der Waals surface area (Å²) in [5, 5.41) is 2.18. The van der Waals surface area contributed by atoms with Crippen LogP contribution in [0.3, 0.4) is 0 Å². The lowest BCUT2D eigenvalue weighted by Crippen LogP contribution is -2.42. The van der Waals surface area contributed by atoms with E-state index in [2.05, 4.69) is 21.2 Å². The number of thioether (sulfide) groups is 1. The Morgan fingerprint density at radius 3 is 2.70 bits per heavy atom. The summed E-state index contributed by atoms with van der Waals surface area (Å²) in [6.45, 7) is 0.433. The molecule has 0 bridgehead atoms. The van der Waals surface area contributed by atoms with E-state index in [0.717, 1.165) is 14.9 Å². The smallest absolute Gasteiger partial charge is 0.277 e. The highest BCUT2D eigenvalue weighted by atomic mass is 79.9. The number of carbonyl (C=O) groups excluding carboxylic acids is 1. The number of benzene rings is 1. The van der Waals surface area contributed by atoms with Crippen LogP contribution < -0.4 is 11.1 Å².